The van der Waals surface area contributed by atoms with Gasteiger partial charge in [0.05, 0.1) is 21.3 Å². The van der Waals surface area contributed by atoms with E-state index in [9.17, 15) is 0 Å². The zero-order chi connectivity index (χ0) is 23.6. The van der Waals surface area contributed by atoms with E-state index in [2.05, 4.69) is 46.7 Å². The van der Waals surface area contributed by atoms with Crippen LogP contribution in [-0.2, 0) is 13.0 Å². The zero-order valence-electron chi connectivity index (χ0n) is 20.3. The average molecular weight is 472 g/mol. The van der Waals surface area contributed by atoms with Crippen LogP contribution in [0, 0.1) is 0 Å². The van der Waals surface area contributed by atoms with Gasteiger partial charge < -0.3 is 24.8 Å². The lowest BCUT2D eigenvalue weighted by atomic mass is 10.0. The van der Waals surface area contributed by atoms with Crippen molar-refractivity contribution in [1.29, 1.82) is 0 Å². The van der Waals surface area contributed by atoms with Crippen molar-refractivity contribution < 1.29 is 14.2 Å². The highest BCUT2D eigenvalue weighted by Crippen LogP contribution is 2.38. The number of piperidine rings is 1. The van der Waals surface area contributed by atoms with E-state index in [0.29, 0.717) is 28.4 Å². The fourth-order valence-corrected chi connectivity index (χ4v) is 4.49. The monoisotopic (exact) mass is 471 g/mol. The number of benzene rings is 2. The molecule has 0 radical (unpaired) electrons. The molecule has 1 heterocycles. The summed E-state index contributed by atoms with van der Waals surface area (Å²) in [5.41, 5.74) is 3.56. The fraction of sp³-hybridized carbons (Fsp3) is 0.500. The minimum atomic E-state index is 0.380. The smallest absolute Gasteiger partial charge is 0.203 e. The lowest BCUT2D eigenvalue weighted by Crippen LogP contribution is -2.45. The summed E-state index contributed by atoms with van der Waals surface area (Å²) >= 11 is 5.56. The summed E-state index contributed by atoms with van der Waals surface area (Å²) in [7, 11) is 4.92. The fourth-order valence-electron chi connectivity index (χ4n) is 4.21. The SMILES string of the molecule is CCCCc1ccc(NC(=S)NC2CCN(Cc3cc(OC)c(OC)c(OC)c3)CC2)cc1. The van der Waals surface area contributed by atoms with Crippen LogP contribution in [0.3, 0.4) is 0 Å². The number of methoxy groups -OCH3 is 3. The van der Waals surface area contributed by atoms with E-state index < -0.39 is 0 Å². The minimum Gasteiger partial charge on any atom is -0.493 e. The molecule has 7 heteroatoms. The summed E-state index contributed by atoms with van der Waals surface area (Å²) in [6.07, 6.45) is 5.67. The number of likely N-dealkylation sites (tertiary alicyclic amines) is 1. The predicted octanol–water partition coefficient (Wildman–Crippen LogP) is 5.01. The van der Waals surface area contributed by atoms with Crippen molar-refractivity contribution in [1.82, 2.24) is 10.2 Å². The van der Waals surface area contributed by atoms with Gasteiger partial charge in [-0.3, -0.25) is 4.90 Å². The van der Waals surface area contributed by atoms with Gasteiger partial charge in [0.1, 0.15) is 0 Å². The van der Waals surface area contributed by atoms with Gasteiger partial charge in [0.15, 0.2) is 16.6 Å². The molecule has 1 aliphatic rings. The third kappa shape index (κ3) is 7.24. The molecule has 0 saturated carbocycles. The Labute approximate surface area is 203 Å². The molecule has 1 aliphatic heterocycles. The van der Waals surface area contributed by atoms with E-state index >= 15 is 0 Å². The van der Waals surface area contributed by atoms with E-state index in [1.165, 1.54) is 18.4 Å². The molecule has 0 bridgehead atoms. The highest BCUT2D eigenvalue weighted by molar-refractivity contribution is 7.80. The van der Waals surface area contributed by atoms with Crippen LogP contribution in [0.4, 0.5) is 5.69 Å². The van der Waals surface area contributed by atoms with Crippen molar-refractivity contribution in [2.24, 2.45) is 0 Å². The molecule has 0 spiro atoms. The van der Waals surface area contributed by atoms with Gasteiger partial charge >= 0.3 is 0 Å². The lowest BCUT2D eigenvalue weighted by Gasteiger charge is -2.33. The van der Waals surface area contributed by atoms with Crippen LogP contribution >= 0.6 is 12.2 Å². The van der Waals surface area contributed by atoms with Gasteiger partial charge in [0, 0.05) is 31.4 Å². The number of nitrogens with one attached hydrogen (secondary N) is 2. The van der Waals surface area contributed by atoms with Crippen LogP contribution in [0.15, 0.2) is 36.4 Å². The maximum atomic E-state index is 5.56. The van der Waals surface area contributed by atoms with Crippen LogP contribution < -0.4 is 24.8 Å². The number of aryl methyl sites for hydroxylation is 1. The first-order chi connectivity index (χ1) is 16.1. The van der Waals surface area contributed by atoms with Crippen LogP contribution in [0.25, 0.3) is 0 Å². The normalized spacial score (nSPS) is 14.5. The maximum absolute atomic E-state index is 5.56. The number of ether oxygens (including phenoxy) is 3. The first-order valence-corrected chi connectivity index (χ1v) is 12.1. The molecule has 33 heavy (non-hydrogen) atoms. The third-order valence-corrected chi connectivity index (χ3v) is 6.30. The van der Waals surface area contributed by atoms with E-state index in [4.69, 9.17) is 26.4 Å². The Balaban J connectivity index is 1.46. The highest BCUT2D eigenvalue weighted by atomic mass is 32.1. The molecule has 3 rings (SSSR count). The van der Waals surface area contributed by atoms with Crippen molar-refractivity contribution in [2.75, 3.05) is 39.7 Å². The maximum Gasteiger partial charge on any atom is 0.203 e. The second-order valence-electron chi connectivity index (χ2n) is 8.48. The standard InChI is InChI=1S/C26H37N3O3S/c1-5-6-7-19-8-10-21(11-9-19)27-26(33)28-22-12-14-29(15-13-22)18-20-16-23(30-2)25(32-4)24(17-20)31-3/h8-11,16-17,22H,5-7,12-15,18H2,1-4H3,(H2,27,28,33). The molecule has 2 aromatic carbocycles. The Morgan fingerprint density at radius 2 is 1.61 bits per heavy atom. The van der Waals surface area contributed by atoms with Gasteiger partial charge in [-0.25, -0.2) is 0 Å². The molecule has 6 nitrogen and oxygen atoms in total. The van der Waals surface area contributed by atoms with Gasteiger partial charge in [-0.15, -0.1) is 0 Å². The average Bonchev–Trinajstić information content (AvgIpc) is 2.84. The van der Waals surface area contributed by atoms with E-state index in [-0.39, 0.29) is 0 Å². The van der Waals surface area contributed by atoms with Crippen molar-refractivity contribution in [2.45, 2.75) is 51.6 Å². The molecule has 2 N–H and O–H groups in total. The summed E-state index contributed by atoms with van der Waals surface area (Å²) in [6.45, 7) is 5.07. The van der Waals surface area contributed by atoms with E-state index in [1.54, 1.807) is 21.3 Å². The molecule has 1 fully saturated rings. The van der Waals surface area contributed by atoms with Crippen LogP contribution in [0.2, 0.25) is 0 Å². The van der Waals surface area contributed by atoms with Crippen LogP contribution in [0.1, 0.15) is 43.7 Å². The number of hydrogen-bond donors (Lipinski definition) is 2. The molecule has 1 saturated heterocycles. The molecule has 0 aliphatic carbocycles. The summed E-state index contributed by atoms with van der Waals surface area (Å²) in [4.78, 5) is 2.45. The first-order valence-electron chi connectivity index (χ1n) is 11.7. The molecule has 0 unspecified atom stereocenters. The lowest BCUT2D eigenvalue weighted by molar-refractivity contribution is 0.198. The molecular formula is C26H37N3O3S. The van der Waals surface area contributed by atoms with Crippen LogP contribution in [0.5, 0.6) is 17.2 Å². The molecule has 2 aromatic rings. The molecule has 0 atom stereocenters. The number of unbranched alkanes of at least 4 members (excludes halogenated alkanes) is 1. The predicted molar refractivity (Wildman–Crippen MR) is 139 cm³/mol. The second kappa shape index (κ2) is 12.7. The van der Waals surface area contributed by atoms with Gasteiger partial charge in [0.25, 0.3) is 0 Å². The Bertz CT molecular complexity index is 871. The highest BCUT2D eigenvalue weighted by Gasteiger charge is 2.21. The van der Waals surface area contributed by atoms with E-state index in [1.807, 2.05) is 12.1 Å². The summed E-state index contributed by atoms with van der Waals surface area (Å²) in [5, 5.41) is 7.51. The number of nitrogens with zero attached hydrogens (tertiary/aromatic N) is 1. The number of thiocarbonyl (C=S) groups is 1. The van der Waals surface area contributed by atoms with Crippen LogP contribution in [-0.4, -0.2) is 50.5 Å². The summed E-state index contributed by atoms with van der Waals surface area (Å²) < 4.78 is 16.4. The Morgan fingerprint density at radius 3 is 2.15 bits per heavy atom. The zero-order valence-corrected chi connectivity index (χ0v) is 21.1. The first kappa shape index (κ1) is 25.1. The van der Waals surface area contributed by atoms with Crippen molar-refractivity contribution in [3.63, 3.8) is 0 Å². The molecule has 0 aromatic heterocycles. The van der Waals surface area contributed by atoms with Crippen molar-refractivity contribution >= 4 is 23.0 Å². The van der Waals surface area contributed by atoms with Gasteiger partial charge in [0.2, 0.25) is 5.75 Å². The minimum absolute atomic E-state index is 0.380. The van der Waals surface area contributed by atoms with E-state index in [0.717, 1.165) is 50.1 Å². The number of rotatable bonds is 10. The summed E-state index contributed by atoms with van der Waals surface area (Å²) in [5.74, 6) is 2.01. The van der Waals surface area contributed by atoms with Gasteiger partial charge in [-0.1, -0.05) is 25.5 Å². The quantitative estimate of drug-likeness (QED) is 0.473. The Hall–Kier alpha value is -2.51. The van der Waals surface area contributed by atoms with Gasteiger partial charge in [-0.2, -0.15) is 0 Å². The molecule has 180 valence electrons. The Kier molecular flexibility index (Phi) is 9.63. The van der Waals surface area contributed by atoms with Crippen molar-refractivity contribution in [3.05, 3.63) is 47.5 Å². The largest absolute Gasteiger partial charge is 0.493 e. The molecular weight excluding hydrogens is 434 g/mol. The second-order valence-corrected chi connectivity index (χ2v) is 8.89. The topological polar surface area (TPSA) is 55.0 Å². The van der Waals surface area contributed by atoms with Gasteiger partial charge in [-0.05, 0) is 73.3 Å². The molecule has 0 amide bonds. The number of anilines is 1. The summed E-state index contributed by atoms with van der Waals surface area (Å²) in [6, 6.07) is 13.0. The Morgan fingerprint density at radius 1 is 0.970 bits per heavy atom. The van der Waals surface area contributed by atoms with Crippen molar-refractivity contribution in [3.8, 4) is 17.2 Å². The third-order valence-electron chi connectivity index (χ3n) is 6.08. The number of hydrogen-bond acceptors (Lipinski definition) is 5.